The van der Waals surface area contributed by atoms with E-state index in [1.807, 2.05) is 43.3 Å². The second-order valence-corrected chi connectivity index (χ2v) is 5.11. The van der Waals surface area contributed by atoms with Gasteiger partial charge >= 0.3 is 0 Å². The van der Waals surface area contributed by atoms with Gasteiger partial charge in [0.25, 0.3) is 0 Å². The largest absolute Gasteiger partial charge is 0.512 e. The Morgan fingerprint density at radius 2 is 2.05 bits per heavy atom. The molecule has 0 heterocycles. The van der Waals surface area contributed by atoms with Crippen molar-refractivity contribution in [2.75, 3.05) is 5.32 Å². The van der Waals surface area contributed by atoms with Gasteiger partial charge < -0.3 is 10.4 Å². The lowest BCUT2D eigenvalue weighted by atomic mass is 9.79. The zero-order valence-electron chi connectivity index (χ0n) is 12.0. The molecule has 1 saturated carbocycles. The fraction of sp³-hybridized carbons (Fsp3) is 0.353. The molecular weight excluding hydrogens is 250 g/mol. The molecule has 106 valence electrons. The van der Waals surface area contributed by atoms with Gasteiger partial charge in [0.15, 0.2) is 0 Å². The van der Waals surface area contributed by atoms with Gasteiger partial charge in [-0.2, -0.15) is 0 Å². The first-order valence-corrected chi connectivity index (χ1v) is 7.04. The molecule has 2 N–H and O–H groups in total. The van der Waals surface area contributed by atoms with Crippen LogP contribution in [0.3, 0.4) is 0 Å². The van der Waals surface area contributed by atoms with Gasteiger partial charge in [0.05, 0.1) is 11.7 Å². The van der Waals surface area contributed by atoms with E-state index in [1.165, 1.54) is 0 Å². The van der Waals surface area contributed by atoms with Crippen LogP contribution in [-0.4, -0.2) is 11.0 Å². The van der Waals surface area contributed by atoms with Crippen molar-refractivity contribution in [3.63, 3.8) is 0 Å². The molecule has 0 radical (unpaired) electrons. The van der Waals surface area contributed by atoms with Gasteiger partial charge in [-0.05, 0) is 56.4 Å². The summed E-state index contributed by atoms with van der Waals surface area (Å²) in [6.45, 7) is 3.61. The van der Waals surface area contributed by atoms with Crippen LogP contribution in [0, 0.1) is 5.92 Å². The lowest BCUT2D eigenvalue weighted by molar-refractivity contribution is -0.119. The third-order valence-corrected chi connectivity index (χ3v) is 3.75. The SMILES string of the molecule is C/C=C1\C(=C(/C)O)CCCC1C(=O)Nc1ccccc1. The van der Waals surface area contributed by atoms with Crippen LogP contribution in [0.2, 0.25) is 0 Å². The van der Waals surface area contributed by atoms with Gasteiger partial charge in [0.1, 0.15) is 0 Å². The third kappa shape index (κ3) is 3.10. The second-order valence-electron chi connectivity index (χ2n) is 5.11. The van der Waals surface area contributed by atoms with Gasteiger partial charge in [-0.3, -0.25) is 4.79 Å². The molecule has 1 aliphatic carbocycles. The van der Waals surface area contributed by atoms with Crippen LogP contribution < -0.4 is 5.32 Å². The molecule has 1 amide bonds. The highest BCUT2D eigenvalue weighted by molar-refractivity contribution is 5.95. The Balaban J connectivity index is 2.19. The number of rotatable bonds is 2. The van der Waals surface area contributed by atoms with Crippen LogP contribution in [0.15, 0.2) is 53.3 Å². The maximum Gasteiger partial charge on any atom is 0.231 e. The summed E-state index contributed by atoms with van der Waals surface area (Å²) >= 11 is 0. The number of carbonyl (C=O) groups is 1. The number of benzene rings is 1. The van der Waals surface area contributed by atoms with Crippen molar-refractivity contribution in [2.45, 2.75) is 33.1 Å². The van der Waals surface area contributed by atoms with Crippen LogP contribution in [-0.2, 0) is 4.79 Å². The molecule has 1 fully saturated rings. The van der Waals surface area contributed by atoms with E-state index in [0.717, 1.165) is 36.1 Å². The van der Waals surface area contributed by atoms with Gasteiger partial charge in [-0.1, -0.05) is 24.3 Å². The lowest BCUT2D eigenvalue weighted by Crippen LogP contribution is -2.28. The molecule has 1 unspecified atom stereocenters. The van der Waals surface area contributed by atoms with Crippen molar-refractivity contribution >= 4 is 11.6 Å². The van der Waals surface area contributed by atoms with Gasteiger partial charge in [-0.15, -0.1) is 0 Å². The maximum atomic E-state index is 12.4. The average Bonchev–Trinajstić information content (AvgIpc) is 2.47. The highest BCUT2D eigenvalue weighted by Gasteiger charge is 2.29. The molecule has 3 heteroatoms. The predicted octanol–water partition coefficient (Wildman–Crippen LogP) is 4.20. The van der Waals surface area contributed by atoms with Crippen molar-refractivity contribution in [1.82, 2.24) is 0 Å². The van der Waals surface area contributed by atoms with Crippen LogP contribution in [0.1, 0.15) is 33.1 Å². The van der Waals surface area contributed by atoms with E-state index in [1.54, 1.807) is 6.92 Å². The van der Waals surface area contributed by atoms with Crippen molar-refractivity contribution in [1.29, 1.82) is 0 Å². The summed E-state index contributed by atoms with van der Waals surface area (Å²) in [5.74, 6) is 0.157. The standard InChI is InChI=1S/C17H21NO2/c1-3-14-15(12(2)19)10-7-11-16(14)17(20)18-13-8-5-4-6-9-13/h3-6,8-9,16,19H,7,10-11H2,1-2H3,(H,18,20)/b14-3+,15-12+. The minimum Gasteiger partial charge on any atom is -0.512 e. The fourth-order valence-electron chi connectivity index (χ4n) is 2.78. The Morgan fingerprint density at radius 3 is 2.65 bits per heavy atom. The van der Waals surface area contributed by atoms with E-state index in [0.29, 0.717) is 5.76 Å². The van der Waals surface area contributed by atoms with E-state index in [-0.39, 0.29) is 11.8 Å². The van der Waals surface area contributed by atoms with Gasteiger partial charge in [0, 0.05) is 5.69 Å². The minimum absolute atomic E-state index is 0.00255. The van der Waals surface area contributed by atoms with Crippen LogP contribution in [0.4, 0.5) is 5.69 Å². The number of amides is 1. The zero-order chi connectivity index (χ0) is 14.5. The Hall–Kier alpha value is -2.03. The number of para-hydroxylation sites is 1. The highest BCUT2D eigenvalue weighted by atomic mass is 16.3. The van der Waals surface area contributed by atoms with Crippen molar-refractivity contribution in [3.8, 4) is 0 Å². The third-order valence-electron chi connectivity index (χ3n) is 3.75. The molecule has 0 bridgehead atoms. The summed E-state index contributed by atoms with van der Waals surface area (Å²) in [5, 5.41) is 12.7. The zero-order valence-corrected chi connectivity index (χ0v) is 12.0. The monoisotopic (exact) mass is 271 g/mol. The van der Waals surface area contributed by atoms with Crippen molar-refractivity contribution in [2.24, 2.45) is 5.92 Å². The molecule has 0 aliphatic heterocycles. The van der Waals surface area contributed by atoms with Gasteiger partial charge in [0.2, 0.25) is 5.91 Å². The molecule has 1 aliphatic rings. The number of hydrogen-bond acceptors (Lipinski definition) is 2. The summed E-state index contributed by atoms with van der Waals surface area (Å²) in [6.07, 6.45) is 4.55. The number of aliphatic hydroxyl groups excluding tert-OH is 1. The number of nitrogens with one attached hydrogen (secondary N) is 1. The molecule has 0 saturated heterocycles. The van der Waals surface area contributed by atoms with Gasteiger partial charge in [-0.25, -0.2) is 0 Å². The summed E-state index contributed by atoms with van der Waals surface area (Å²) in [7, 11) is 0. The highest BCUT2D eigenvalue weighted by Crippen LogP contribution is 2.36. The maximum absolute atomic E-state index is 12.4. The van der Waals surface area contributed by atoms with E-state index >= 15 is 0 Å². The molecule has 0 aromatic heterocycles. The summed E-state index contributed by atoms with van der Waals surface area (Å²) in [5.41, 5.74) is 2.70. The van der Waals surface area contributed by atoms with E-state index < -0.39 is 0 Å². The smallest absolute Gasteiger partial charge is 0.231 e. The summed E-state index contributed by atoms with van der Waals surface area (Å²) in [4.78, 5) is 12.4. The summed E-state index contributed by atoms with van der Waals surface area (Å²) in [6, 6.07) is 9.48. The molecule has 20 heavy (non-hydrogen) atoms. The lowest BCUT2D eigenvalue weighted by Gasteiger charge is -2.27. The molecule has 1 aromatic rings. The molecular formula is C17H21NO2. The first-order chi connectivity index (χ1) is 9.63. The Bertz CT molecular complexity index is 539. The number of anilines is 1. The Labute approximate surface area is 120 Å². The normalized spacial score (nSPS) is 23.5. The molecule has 2 rings (SSSR count). The number of allylic oxidation sites excluding steroid dienone is 3. The predicted molar refractivity (Wildman–Crippen MR) is 81.5 cm³/mol. The van der Waals surface area contributed by atoms with Crippen LogP contribution >= 0.6 is 0 Å². The number of aliphatic hydroxyl groups is 1. The minimum atomic E-state index is -0.175. The second kappa shape index (κ2) is 6.42. The first-order valence-electron chi connectivity index (χ1n) is 7.04. The van der Waals surface area contributed by atoms with Crippen molar-refractivity contribution in [3.05, 3.63) is 53.3 Å². The van der Waals surface area contributed by atoms with Crippen molar-refractivity contribution < 1.29 is 9.90 Å². The average molecular weight is 271 g/mol. The number of hydrogen-bond donors (Lipinski definition) is 2. The number of carbonyl (C=O) groups excluding carboxylic acids is 1. The van der Waals surface area contributed by atoms with E-state index in [2.05, 4.69) is 5.32 Å². The topological polar surface area (TPSA) is 49.3 Å². The van der Waals surface area contributed by atoms with Crippen LogP contribution in [0.5, 0.6) is 0 Å². The quantitative estimate of drug-likeness (QED) is 0.792. The Kier molecular flexibility index (Phi) is 4.61. The molecule has 1 aromatic carbocycles. The van der Waals surface area contributed by atoms with E-state index in [9.17, 15) is 9.90 Å². The van der Waals surface area contributed by atoms with Crippen LogP contribution in [0.25, 0.3) is 0 Å². The first kappa shape index (κ1) is 14.4. The molecule has 3 nitrogen and oxygen atoms in total. The Morgan fingerprint density at radius 1 is 1.35 bits per heavy atom. The van der Waals surface area contributed by atoms with E-state index in [4.69, 9.17) is 0 Å². The summed E-state index contributed by atoms with van der Waals surface area (Å²) < 4.78 is 0. The molecule has 1 atom stereocenters. The molecule has 0 spiro atoms. The fourth-order valence-corrected chi connectivity index (χ4v) is 2.78.